The number of nitrogens with one attached hydrogen (secondary N) is 1. The van der Waals surface area contributed by atoms with Gasteiger partial charge in [0.2, 0.25) is 0 Å². The van der Waals surface area contributed by atoms with Crippen molar-refractivity contribution >= 4 is 0 Å². The number of ether oxygens (including phenoxy) is 1. The third-order valence-corrected chi connectivity index (χ3v) is 2.36. The Morgan fingerprint density at radius 1 is 1.20 bits per heavy atom. The summed E-state index contributed by atoms with van der Waals surface area (Å²) in [4.78, 5) is 0. The van der Waals surface area contributed by atoms with E-state index in [1.54, 1.807) is 0 Å². The summed E-state index contributed by atoms with van der Waals surface area (Å²) in [5, 5.41) is 3.47. The van der Waals surface area contributed by atoms with E-state index in [0.29, 0.717) is 6.10 Å². The molecule has 0 bridgehead atoms. The molecule has 15 heavy (non-hydrogen) atoms. The SMILES string of the molecule is CCCCCOC(C)CCNC(C)(C)C. The van der Waals surface area contributed by atoms with Gasteiger partial charge in [0.25, 0.3) is 0 Å². The normalized spacial score (nSPS) is 14.2. The highest BCUT2D eigenvalue weighted by Crippen LogP contribution is 2.03. The number of hydrogen-bond donors (Lipinski definition) is 1. The standard InChI is InChI=1S/C13H29NO/c1-6-7-8-11-15-12(2)9-10-14-13(3,4)5/h12,14H,6-11H2,1-5H3. The van der Waals surface area contributed by atoms with Crippen LogP contribution in [0.25, 0.3) is 0 Å². The van der Waals surface area contributed by atoms with Crippen molar-refractivity contribution in [3.05, 3.63) is 0 Å². The lowest BCUT2D eigenvalue weighted by molar-refractivity contribution is 0.0568. The fraction of sp³-hybridized carbons (Fsp3) is 1.00. The second kappa shape index (κ2) is 8.12. The van der Waals surface area contributed by atoms with Crippen molar-refractivity contribution in [2.24, 2.45) is 0 Å². The number of rotatable bonds is 8. The fourth-order valence-electron chi connectivity index (χ4n) is 1.37. The molecule has 0 saturated carbocycles. The zero-order chi connectivity index (χ0) is 11.7. The topological polar surface area (TPSA) is 21.3 Å². The molecule has 1 unspecified atom stereocenters. The van der Waals surface area contributed by atoms with E-state index in [-0.39, 0.29) is 5.54 Å². The first-order valence-corrected chi connectivity index (χ1v) is 6.32. The molecule has 0 amide bonds. The first kappa shape index (κ1) is 14.9. The van der Waals surface area contributed by atoms with Crippen LogP contribution in [0.5, 0.6) is 0 Å². The summed E-state index contributed by atoms with van der Waals surface area (Å²) >= 11 is 0. The molecule has 0 aromatic rings. The minimum absolute atomic E-state index is 0.224. The summed E-state index contributed by atoms with van der Waals surface area (Å²) in [5.74, 6) is 0. The van der Waals surface area contributed by atoms with Crippen LogP contribution in [0.15, 0.2) is 0 Å². The van der Waals surface area contributed by atoms with Gasteiger partial charge in [-0.25, -0.2) is 0 Å². The molecule has 0 heterocycles. The van der Waals surface area contributed by atoms with Crippen LogP contribution in [0.1, 0.15) is 60.3 Å². The molecule has 0 saturated heterocycles. The maximum absolute atomic E-state index is 5.72. The fourth-order valence-corrected chi connectivity index (χ4v) is 1.37. The Bertz CT molecular complexity index is 140. The maximum Gasteiger partial charge on any atom is 0.0559 e. The van der Waals surface area contributed by atoms with Gasteiger partial charge in [0, 0.05) is 12.1 Å². The average Bonchev–Trinajstić information content (AvgIpc) is 2.10. The van der Waals surface area contributed by atoms with Crippen molar-refractivity contribution in [3.8, 4) is 0 Å². The summed E-state index contributed by atoms with van der Waals surface area (Å²) in [6, 6.07) is 0. The minimum Gasteiger partial charge on any atom is -0.378 e. The van der Waals surface area contributed by atoms with Crippen molar-refractivity contribution in [3.63, 3.8) is 0 Å². The molecule has 92 valence electrons. The molecule has 1 atom stereocenters. The molecule has 0 aromatic heterocycles. The average molecular weight is 215 g/mol. The number of hydrogen-bond acceptors (Lipinski definition) is 2. The van der Waals surface area contributed by atoms with Crippen LogP contribution in [-0.2, 0) is 4.74 Å². The van der Waals surface area contributed by atoms with Crippen molar-refractivity contribution in [1.82, 2.24) is 5.32 Å². The highest BCUT2D eigenvalue weighted by Gasteiger charge is 2.09. The van der Waals surface area contributed by atoms with Gasteiger partial charge in [-0.2, -0.15) is 0 Å². The highest BCUT2D eigenvalue weighted by molar-refractivity contribution is 4.70. The Morgan fingerprint density at radius 2 is 1.87 bits per heavy atom. The van der Waals surface area contributed by atoms with Gasteiger partial charge in [0.15, 0.2) is 0 Å². The second-order valence-corrected chi connectivity index (χ2v) is 5.35. The van der Waals surface area contributed by atoms with E-state index >= 15 is 0 Å². The van der Waals surface area contributed by atoms with Crippen molar-refractivity contribution in [2.75, 3.05) is 13.2 Å². The van der Waals surface area contributed by atoms with E-state index in [9.17, 15) is 0 Å². The van der Waals surface area contributed by atoms with Gasteiger partial charge in [-0.15, -0.1) is 0 Å². The van der Waals surface area contributed by atoms with Gasteiger partial charge in [-0.3, -0.25) is 0 Å². The third kappa shape index (κ3) is 11.8. The highest BCUT2D eigenvalue weighted by atomic mass is 16.5. The van der Waals surface area contributed by atoms with Crippen molar-refractivity contribution in [1.29, 1.82) is 0 Å². The van der Waals surface area contributed by atoms with E-state index in [1.807, 2.05) is 0 Å². The molecule has 0 aliphatic carbocycles. The second-order valence-electron chi connectivity index (χ2n) is 5.35. The Kier molecular flexibility index (Phi) is 8.07. The molecule has 0 rings (SSSR count). The molecule has 0 fully saturated rings. The van der Waals surface area contributed by atoms with Crippen LogP contribution in [0.3, 0.4) is 0 Å². The van der Waals surface area contributed by atoms with Crippen LogP contribution in [0.4, 0.5) is 0 Å². The quantitative estimate of drug-likeness (QED) is 0.627. The van der Waals surface area contributed by atoms with Crippen LogP contribution in [0, 0.1) is 0 Å². The van der Waals surface area contributed by atoms with Gasteiger partial charge in [0.1, 0.15) is 0 Å². The molecule has 0 radical (unpaired) electrons. The molecule has 2 nitrogen and oxygen atoms in total. The first-order valence-electron chi connectivity index (χ1n) is 6.32. The van der Waals surface area contributed by atoms with Crippen LogP contribution < -0.4 is 5.32 Å². The molecular weight excluding hydrogens is 186 g/mol. The molecule has 0 aliphatic rings. The van der Waals surface area contributed by atoms with Crippen LogP contribution in [-0.4, -0.2) is 24.8 Å². The van der Waals surface area contributed by atoms with Gasteiger partial charge in [-0.1, -0.05) is 19.8 Å². The Balaban J connectivity index is 3.29. The summed E-state index contributed by atoms with van der Waals surface area (Å²) < 4.78 is 5.72. The maximum atomic E-state index is 5.72. The number of unbranched alkanes of at least 4 members (excludes halogenated alkanes) is 2. The largest absolute Gasteiger partial charge is 0.378 e. The summed E-state index contributed by atoms with van der Waals surface area (Å²) in [6.07, 6.45) is 5.24. The third-order valence-electron chi connectivity index (χ3n) is 2.36. The van der Waals surface area contributed by atoms with E-state index in [4.69, 9.17) is 4.74 Å². The van der Waals surface area contributed by atoms with Crippen molar-refractivity contribution < 1.29 is 4.74 Å². The van der Waals surface area contributed by atoms with Gasteiger partial charge >= 0.3 is 0 Å². The van der Waals surface area contributed by atoms with Crippen LogP contribution in [0.2, 0.25) is 0 Å². The predicted octanol–water partition coefficient (Wildman–Crippen LogP) is 3.36. The molecule has 2 heteroatoms. The van der Waals surface area contributed by atoms with Crippen molar-refractivity contribution in [2.45, 2.75) is 71.9 Å². The summed E-state index contributed by atoms with van der Waals surface area (Å²) in [6.45, 7) is 12.9. The lowest BCUT2D eigenvalue weighted by atomic mass is 10.1. The minimum atomic E-state index is 0.224. The van der Waals surface area contributed by atoms with E-state index in [2.05, 4.69) is 39.9 Å². The summed E-state index contributed by atoms with van der Waals surface area (Å²) in [7, 11) is 0. The Morgan fingerprint density at radius 3 is 2.40 bits per heavy atom. The van der Waals surface area contributed by atoms with E-state index < -0.39 is 0 Å². The zero-order valence-corrected chi connectivity index (χ0v) is 11.2. The predicted molar refractivity (Wildman–Crippen MR) is 67.3 cm³/mol. The molecule has 0 spiro atoms. The van der Waals surface area contributed by atoms with Gasteiger partial charge in [-0.05, 0) is 47.1 Å². The summed E-state index contributed by atoms with van der Waals surface area (Å²) in [5.41, 5.74) is 0.224. The van der Waals surface area contributed by atoms with Gasteiger partial charge in [0.05, 0.1) is 6.10 Å². The Hall–Kier alpha value is -0.0800. The van der Waals surface area contributed by atoms with E-state index in [1.165, 1.54) is 19.3 Å². The smallest absolute Gasteiger partial charge is 0.0559 e. The van der Waals surface area contributed by atoms with E-state index in [0.717, 1.165) is 19.6 Å². The van der Waals surface area contributed by atoms with Crippen LogP contribution >= 0.6 is 0 Å². The van der Waals surface area contributed by atoms with Gasteiger partial charge < -0.3 is 10.1 Å². The Labute approximate surface area is 95.8 Å². The lowest BCUT2D eigenvalue weighted by Crippen LogP contribution is -2.37. The monoisotopic (exact) mass is 215 g/mol. The first-order chi connectivity index (χ1) is 6.95. The molecular formula is C13H29NO. The molecule has 1 N–H and O–H groups in total. The molecule has 0 aliphatic heterocycles. The lowest BCUT2D eigenvalue weighted by Gasteiger charge is -2.22. The molecule has 0 aromatic carbocycles. The zero-order valence-electron chi connectivity index (χ0n) is 11.2.